The molecular weight excluding hydrogens is 396 g/mol. The molecule has 0 saturated heterocycles. The molecule has 0 fully saturated rings. The van der Waals surface area contributed by atoms with E-state index in [-0.39, 0.29) is 17.0 Å². The number of carboxylic acid groups (broad SMARTS) is 1. The van der Waals surface area contributed by atoms with Gasteiger partial charge in [-0.2, -0.15) is 0 Å². The number of nitrogens with one attached hydrogen (secondary N) is 1. The third-order valence-corrected chi connectivity index (χ3v) is 6.67. The molecule has 3 aromatic rings. The first-order valence-corrected chi connectivity index (χ1v) is 11.0. The van der Waals surface area contributed by atoms with Crippen LogP contribution in [0.3, 0.4) is 0 Å². The van der Waals surface area contributed by atoms with Gasteiger partial charge in [0, 0.05) is 23.9 Å². The largest absolute Gasteiger partial charge is 0.478 e. The molecule has 1 heterocycles. The molecule has 0 saturated carbocycles. The molecule has 0 aliphatic carbocycles. The summed E-state index contributed by atoms with van der Waals surface area (Å²) >= 11 is 1.52. The van der Waals surface area contributed by atoms with Gasteiger partial charge in [0.25, 0.3) is 0 Å². The highest BCUT2D eigenvalue weighted by Crippen LogP contribution is 2.24. The summed E-state index contributed by atoms with van der Waals surface area (Å²) < 4.78 is 27.4. The Labute approximate surface area is 167 Å². The van der Waals surface area contributed by atoms with Crippen molar-refractivity contribution >= 4 is 27.3 Å². The SMILES string of the molecule is Cc1ccc(-c2nc(CCNS(=O)(=O)c3ccc(C)c(C(=O)O)c3)cs2)cc1. The molecule has 28 heavy (non-hydrogen) atoms. The topological polar surface area (TPSA) is 96.4 Å². The summed E-state index contributed by atoms with van der Waals surface area (Å²) in [4.78, 5) is 15.7. The second-order valence-corrected chi connectivity index (χ2v) is 9.06. The average Bonchev–Trinajstić information content (AvgIpc) is 3.11. The molecule has 0 unspecified atom stereocenters. The standard InChI is InChI=1S/C20H20N2O4S2/c1-13-3-6-15(7-4-13)19-22-16(12-27-19)9-10-21-28(25,26)17-8-5-14(2)18(11-17)20(23)24/h3-8,11-12,21H,9-10H2,1-2H3,(H,23,24). The first-order chi connectivity index (χ1) is 13.3. The van der Waals surface area contributed by atoms with Gasteiger partial charge in [0.15, 0.2) is 0 Å². The smallest absolute Gasteiger partial charge is 0.335 e. The normalized spacial score (nSPS) is 11.5. The number of nitrogens with zero attached hydrogens (tertiary/aromatic N) is 1. The van der Waals surface area contributed by atoms with Crippen molar-refractivity contribution in [1.82, 2.24) is 9.71 Å². The Hall–Kier alpha value is -2.55. The van der Waals surface area contributed by atoms with Crippen LogP contribution in [-0.2, 0) is 16.4 Å². The van der Waals surface area contributed by atoms with Gasteiger partial charge in [-0.15, -0.1) is 11.3 Å². The number of aryl methyl sites for hydroxylation is 2. The van der Waals surface area contributed by atoms with Crippen molar-refractivity contribution < 1.29 is 18.3 Å². The summed E-state index contributed by atoms with van der Waals surface area (Å²) in [5.74, 6) is -1.15. The molecule has 2 N–H and O–H groups in total. The van der Waals surface area contributed by atoms with Crippen molar-refractivity contribution in [3.8, 4) is 10.6 Å². The van der Waals surface area contributed by atoms with Gasteiger partial charge in [0.05, 0.1) is 16.2 Å². The Morgan fingerprint density at radius 2 is 1.86 bits per heavy atom. The van der Waals surface area contributed by atoms with E-state index in [1.54, 1.807) is 6.92 Å². The van der Waals surface area contributed by atoms with Crippen molar-refractivity contribution in [3.63, 3.8) is 0 Å². The van der Waals surface area contributed by atoms with Crippen LogP contribution in [0.4, 0.5) is 0 Å². The number of aromatic nitrogens is 1. The Kier molecular flexibility index (Phi) is 5.93. The third-order valence-electron chi connectivity index (χ3n) is 4.27. The van der Waals surface area contributed by atoms with Crippen LogP contribution in [0.25, 0.3) is 10.6 Å². The maximum Gasteiger partial charge on any atom is 0.335 e. The molecule has 8 heteroatoms. The van der Waals surface area contributed by atoms with Gasteiger partial charge in [-0.3, -0.25) is 0 Å². The molecule has 6 nitrogen and oxygen atoms in total. The number of benzene rings is 2. The van der Waals surface area contributed by atoms with Gasteiger partial charge in [-0.25, -0.2) is 22.9 Å². The minimum absolute atomic E-state index is 0.0230. The van der Waals surface area contributed by atoms with E-state index >= 15 is 0 Å². The van der Waals surface area contributed by atoms with Crippen molar-refractivity contribution in [2.24, 2.45) is 0 Å². The highest BCUT2D eigenvalue weighted by Gasteiger charge is 2.17. The van der Waals surface area contributed by atoms with Crippen LogP contribution >= 0.6 is 11.3 Å². The molecule has 0 spiro atoms. The molecule has 0 bridgehead atoms. The first kappa shape index (κ1) is 20.2. The molecule has 0 atom stereocenters. The fourth-order valence-electron chi connectivity index (χ4n) is 2.65. The number of hydrogen-bond acceptors (Lipinski definition) is 5. The zero-order valence-electron chi connectivity index (χ0n) is 15.5. The summed E-state index contributed by atoms with van der Waals surface area (Å²) in [5, 5.41) is 12.0. The zero-order chi connectivity index (χ0) is 20.3. The van der Waals surface area contributed by atoms with Crippen LogP contribution in [0.5, 0.6) is 0 Å². The van der Waals surface area contributed by atoms with E-state index in [9.17, 15) is 13.2 Å². The van der Waals surface area contributed by atoms with Gasteiger partial charge in [0.1, 0.15) is 5.01 Å². The lowest BCUT2D eigenvalue weighted by Crippen LogP contribution is -2.26. The summed E-state index contributed by atoms with van der Waals surface area (Å²) in [6.07, 6.45) is 0.444. The van der Waals surface area contributed by atoms with E-state index in [2.05, 4.69) is 9.71 Å². The van der Waals surface area contributed by atoms with Gasteiger partial charge in [-0.05, 0) is 31.5 Å². The zero-order valence-corrected chi connectivity index (χ0v) is 17.1. The number of thiazole rings is 1. The molecule has 2 aromatic carbocycles. The van der Waals surface area contributed by atoms with Gasteiger partial charge in [0.2, 0.25) is 10.0 Å². The number of sulfonamides is 1. The third kappa shape index (κ3) is 4.64. The average molecular weight is 417 g/mol. The maximum absolute atomic E-state index is 12.4. The monoisotopic (exact) mass is 416 g/mol. The van der Waals surface area contributed by atoms with Crippen LogP contribution in [0.1, 0.15) is 27.2 Å². The fraction of sp³-hybridized carbons (Fsp3) is 0.200. The fourth-order valence-corrected chi connectivity index (χ4v) is 4.56. The lowest BCUT2D eigenvalue weighted by atomic mass is 10.1. The predicted octanol–water partition coefficient (Wildman–Crippen LogP) is 3.65. The Balaban J connectivity index is 1.65. The molecule has 146 valence electrons. The highest BCUT2D eigenvalue weighted by molar-refractivity contribution is 7.89. The van der Waals surface area contributed by atoms with E-state index < -0.39 is 16.0 Å². The van der Waals surface area contributed by atoms with Crippen LogP contribution < -0.4 is 4.72 Å². The van der Waals surface area contributed by atoms with E-state index in [0.717, 1.165) is 16.3 Å². The minimum Gasteiger partial charge on any atom is -0.478 e. The summed E-state index contributed by atoms with van der Waals surface area (Å²) in [5.41, 5.74) is 3.50. The van der Waals surface area contributed by atoms with E-state index in [4.69, 9.17) is 5.11 Å². The predicted molar refractivity (Wildman–Crippen MR) is 109 cm³/mol. The minimum atomic E-state index is -3.79. The molecule has 1 aromatic heterocycles. The second kappa shape index (κ2) is 8.22. The number of rotatable bonds is 7. The second-order valence-electron chi connectivity index (χ2n) is 6.44. The summed E-state index contributed by atoms with van der Waals surface area (Å²) in [6, 6.07) is 12.2. The van der Waals surface area contributed by atoms with Crippen LogP contribution in [0.15, 0.2) is 52.7 Å². The van der Waals surface area contributed by atoms with Gasteiger partial charge in [-0.1, -0.05) is 35.9 Å². The maximum atomic E-state index is 12.4. The molecule has 0 amide bonds. The van der Waals surface area contributed by atoms with Gasteiger partial charge < -0.3 is 5.11 Å². The van der Waals surface area contributed by atoms with Crippen LogP contribution in [-0.4, -0.2) is 31.0 Å². The number of aromatic carboxylic acids is 1. The van der Waals surface area contributed by atoms with E-state index in [1.165, 1.54) is 35.1 Å². The lowest BCUT2D eigenvalue weighted by molar-refractivity contribution is 0.0696. The first-order valence-electron chi connectivity index (χ1n) is 8.61. The Morgan fingerprint density at radius 3 is 2.54 bits per heavy atom. The number of carbonyl (C=O) groups is 1. The van der Waals surface area contributed by atoms with Crippen molar-refractivity contribution in [2.75, 3.05) is 6.54 Å². The van der Waals surface area contributed by atoms with E-state index in [0.29, 0.717) is 12.0 Å². The molecular formula is C20H20N2O4S2. The van der Waals surface area contributed by atoms with E-state index in [1.807, 2.05) is 36.6 Å². The Morgan fingerprint density at radius 1 is 1.14 bits per heavy atom. The van der Waals surface area contributed by atoms with Crippen LogP contribution in [0.2, 0.25) is 0 Å². The van der Waals surface area contributed by atoms with Crippen molar-refractivity contribution in [3.05, 3.63) is 70.2 Å². The van der Waals surface area contributed by atoms with Gasteiger partial charge >= 0.3 is 5.97 Å². The van der Waals surface area contributed by atoms with Crippen LogP contribution in [0, 0.1) is 13.8 Å². The van der Waals surface area contributed by atoms with Crippen molar-refractivity contribution in [1.29, 1.82) is 0 Å². The molecule has 0 aliphatic heterocycles. The highest BCUT2D eigenvalue weighted by atomic mass is 32.2. The number of carboxylic acids is 1. The summed E-state index contributed by atoms with van der Waals surface area (Å²) in [7, 11) is -3.79. The lowest BCUT2D eigenvalue weighted by Gasteiger charge is -2.08. The molecule has 0 radical (unpaired) electrons. The summed E-state index contributed by atoms with van der Waals surface area (Å²) in [6.45, 7) is 3.83. The quantitative estimate of drug-likeness (QED) is 0.613. The molecule has 3 rings (SSSR count). The molecule has 0 aliphatic rings. The van der Waals surface area contributed by atoms with Crippen molar-refractivity contribution in [2.45, 2.75) is 25.2 Å². The number of hydrogen-bond donors (Lipinski definition) is 2. The Bertz CT molecular complexity index is 1100.